The second-order valence-corrected chi connectivity index (χ2v) is 9.18. The zero-order chi connectivity index (χ0) is 20.5. The SMILES string of the molecule is CCOC(=O)NC[C@@H](CC)C(=O)N1C[C@@H]2[C@H](C1)[C@H]2c1cccc(C(C)(C)C)c1. The van der Waals surface area contributed by atoms with E-state index in [9.17, 15) is 9.59 Å². The van der Waals surface area contributed by atoms with Crippen molar-refractivity contribution in [3.05, 3.63) is 35.4 Å². The number of rotatable bonds is 6. The Morgan fingerprint density at radius 1 is 1.21 bits per heavy atom. The van der Waals surface area contributed by atoms with Crippen molar-refractivity contribution in [3.63, 3.8) is 0 Å². The van der Waals surface area contributed by atoms with Gasteiger partial charge in [-0.25, -0.2) is 4.79 Å². The number of fused-ring (bicyclic) bond motifs is 1. The first-order valence-electron chi connectivity index (χ1n) is 10.6. The molecule has 0 bridgehead atoms. The molecule has 4 atom stereocenters. The van der Waals surface area contributed by atoms with E-state index in [1.54, 1.807) is 6.92 Å². The molecule has 1 aliphatic carbocycles. The van der Waals surface area contributed by atoms with Gasteiger partial charge < -0.3 is 15.0 Å². The second kappa shape index (κ2) is 8.14. The van der Waals surface area contributed by atoms with Crippen LogP contribution in [0, 0.1) is 17.8 Å². The molecule has 0 aromatic heterocycles. The number of carbonyl (C=O) groups is 2. The Kier molecular flexibility index (Phi) is 6.01. The van der Waals surface area contributed by atoms with Crippen molar-refractivity contribution < 1.29 is 14.3 Å². The molecule has 1 saturated heterocycles. The van der Waals surface area contributed by atoms with E-state index in [-0.39, 0.29) is 17.2 Å². The minimum absolute atomic E-state index is 0.155. The van der Waals surface area contributed by atoms with Gasteiger partial charge in [0, 0.05) is 19.6 Å². The van der Waals surface area contributed by atoms with Crippen LogP contribution in [-0.2, 0) is 14.9 Å². The van der Waals surface area contributed by atoms with Gasteiger partial charge in [0.15, 0.2) is 0 Å². The molecule has 5 nitrogen and oxygen atoms in total. The maximum Gasteiger partial charge on any atom is 0.407 e. The van der Waals surface area contributed by atoms with Crippen LogP contribution in [0.25, 0.3) is 0 Å². The van der Waals surface area contributed by atoms with Crippen LogP contribution in [0.5, 0.6) is 0 Å². The average molecular weight is 387 g/mol. The lowest BCUT2D eigenvalue weighted by Gasteiger charge is -2.25. The number of hydrogen-bond acceptors (Lipinski definition) is 3. The summed E-state index contributed by atoms with van der Waals surface area (Å²) in [6, 6.07) is 8.97. The molecule has 2 fully saturated rings. The number of ether oxygens (including phenoxy) is 1. The Morgan fingerprint density at radius 2 is 1.89 bits per heavy atom. The zero-order valence-electron chi connectivity index (χ0n) is 17.8. The number of carbonyl (C=O) groups excluding carboxylic acids is 2. The molecular weight excluding hydrogens is 352 g/mol. The van der Waals surface area contributed by atoms with Crippen LogP contribution in [0.3, 0.4) is 0 Å². The van der Waals surface area contributed by atoms with Crippen molar-refractivity contribution in [2.75, 3.05) is 26.2 Å². The summed E-state index contributed by atoms with van der Waals surface area (Å²) in [5.74, 6) is 1.73. The first-order chi connectivity index (χ1) is 13.3. The maximum atomic E-state index is 12.9. The van der Waals surface area contributed by atoms with Gasteiger partial charge in [0.25, 0.3) is 0 Å². The van der Waals surface area contributed by atoms with Gasteiger partial charge in [0.05, 0.1) is 12.5 Å². The predicted molar refractivity (Wildman–Crippen MR) is 110 cm³/mol. The summed E-state index contributed by atoms with van der Waals surface area (Å²) in [6.45, 7) is 12.9. The molecule has 1 saturated carbocycles. The van der Waals surface area contributed by atoms with E-state index in [0.717, 1.165) is 13.1 Å². The molecule has 28 heavy (non-hydrogen) atoms. The number of hydrogen-bond donors (Lipinski definition) is 1. The topological polar surface area (TPSA) is 58.6 Å². The summed E-state index contributed by atoms with van der Waals surface area (Å²) in [7, 11) is 0. The van der Waals surface area contributed by atoms with Gasteiger partial charge in [-0.05, 0) is 47.6 Å². The van der Waals surface area contributed by atoms with Crippen LogP contribution in [0.1, 0.15) is 58.1 Å². The Bertz CT molecular complexity index is 713. The third-order valence-electron chi connectivity index (χ3n) is 6.25. The quantitative estimate of drug-likeness (QED) is 0.806. The van der Waals surface area contributed by atoms with E-state index < -0.39 is 6.09 Å². The summed E-state index contributed by atoms with van der Waals surface area (Å²) in [6.07, 6.45) is 0.269. The summed E-state index contributed by atoms with van der Waals surface area (Å²) in [5, 5.41) is 2.71. The van der Waals surface area contributed by atoms with E-state index >= 15 is 0 Å². The number of piperidine rings is 1. The number of likely N-dealkylation sites (tertiary alicyclic amines) is 1. The van der Waals surface area contributed by atoms with Gasteiger partial charge in [-0.2, -0.15) is 0 Å². The second-order valence-electron chi connectivity index (χ2n) is 9.18. The molecule has 2 aliphatic rings. The zero-order valence-corrected chi connectivity index (χ0v) is 17.8. The molecule has 154 valence electrons. The highest BCUT2D eigenvalue weighted by Gasteiger charge is 2.57. The highest BCUT2D eigenvalue weighted by atomic mass is 16.5. The standard InChI is InChI=1S/C23H34N2O3/c1-6-15(12-24-22(27)28-7-2)21(26)25-13-18-19(14-25)20(18)16-9-8-10-17(11-16)23(3,4)5/h8-11,15,18-20H,6-7,12-14H2,1-5H3,(H,24,27)/t15-,18-,19+,20+/m1/s1. The number of amides is 2. The molecule has 1 N–H and O–H groups in total. The van der Waals surface area contributed by atoms with E-state index in [2.05, 4.69) is 50.4 Å². The third-order valence-corrected chi connectivity index (χ3v) is 6.25. The van der Waals surface area contributed by atoms with Crippen LogP contribution in [0.2, 0.25) is 0 Å². The van der Waals surface area contributed by atoms with Gasteiger partial charge in [-0.3, -0.25) is 4.79 Å². The molecule has 1 aliphatic heterocycles. The number of nitrogens with zero attached hydrogens (tertiary/aromatic N) is 1. The van der Waals surface area contributed by atoms with Crippen LogP contribution in [0.4, 0.5) is 4.79 Å². The molecule has 2 amide bonds. The van der Waals surface area contributed by atoms with Crippen molar-refractivity contribution in [2.45, 2.75) is 52.4 Å². The number of alkyl carbamates (subject to hydrolysis) is 1. The fourth-order valence-corrected chi connectivity index (χ4v) is 4.47. The molecule has 1 heterocycles. The predicted octanol–water partition coefficient (Wildman–Crippen LogP) is 3.93. The molecule has 0 radical (unpaired) electrons. The highest BCUT2D eigenvalue weighted by molar-refractivity contribution is 5.80. The molecular formula is C23H34N2O3. The fourth-order valence-electron chi connectivity index (χ4n) is 4.47. The normalized spacial score (nSPS) is 24.5. The lowest BCUT2D eigenvalue weighted by molar-refractivity contribution is -0.135. The average Bonchev–Trinajstić information content (AvgIpc) is 3.15. The summed E-state index contributed by atoms with van der Waals surface area (Å²) in [4.78, 5) is 26.4. The Morgan fingerprint density at radius 3 is 2.46 bits per heavy atom. The third kappa shape index (κ3) is 4.34. The molecule has 3 rings (SSSR count). The number of benzene rings is 1. The van der Waals surface area contributed by atoms with E-state index in [1.165, 1.54) is 11.1 Å². The van der Waals surface area contributed by atoms with Crippen LogP contribution >= 0.6 is 0 Å². The molecule has 0 unspecified atom stereocenters. The lowest BCUT2D eigenvalue weighted by Crippen LogP contribution is -2.41. The van der Waals surface area contributed by atoms with Crippen molar-refractivity contribution >= 4 is 12.0 Å². The summed E-state index contributed by atoms with van der Waals surface area (Å²) >= 11 is 0. The minimum atomic E-state index is -0.447. The Labute approximate surface area is 168 Å². The number of nitrogens with one attached hydrogen (secondary N) is 1. The summed E-state index contributed by atoms with van der Waals surface area (Å²) < 4.78 is 4.89. The van der Waals surface area contributed by atoms with Crippen LogP contribution in [0.15, 0.2) is 24.3 Å². The van der Waals surface area contributed by atoms with Crippen LogP contribution in [-0.4, -0.2) is 43.1 Å². The van der Waals surface area contributed by atoms with Gasteiger partial charge in [-0.1, -0.05) is 52.0 Å². The first kappa shape index (κ1) is 20.7. The minimum Gasteiger partial charge on any atom is -0.450 e. The fraction of sp³-hybridized carbons (Fsp3) is 0.652. The maximum absolute atomic E-state index is 12.9. The van der Waals surface area contributed by atoms with Crippen molar-refractivity contribution in [1.82, 2.24) is 10.2 Å². The van der Waals surface area contributed by atoms with Gasteiger partial charge >= 0.3 is 6.09 Å². The van der Waals surface area contributed by atoms with Gasteiger partial charge in [-0.15, -0.1) is 0 Å². The monoisotopic (exact) mass is 386 g/mol. The molecule has 0 spiro atoms. The van der Waals surface area contributed by atoms with Crippen molar-refractivity contribution in [1.29, 1.82) is 0 Å². The smallest absolute Gasteiger partial charge is 0.407 e. The Balaban J connectivity index is 1.55. The Hall–Kier alpha value is -2.04. The molecule has 1 aromatic carbocycles. The van der Waals surface area contributed by atoms with Crippen molar-refractivity contribution in [3.8, 4) is 0 Å². The molecule has 1 aromatic rings. The largest absolute Gasteiger partial charge is 0.450 e. The van der Waals surface area contributed by atoms with E-state index in [1.807, 2.05) is 11.8 Å². The van der Waals surface area contributed by atoms with E-state index in [4.69, 9.17) is 4.74 Å². The van der Waals surface area contributed by atoms with Crippen LogP contribution < -0.4 is 5.32 Å². The van der Waals surface area contributed by atoms with Crippen molar-refractivity contribution in [2.24, 2.45) is 17.8 Å². The van der Waals surface area contributed by atoms with Gasteiger partial charge in [0.1, 0.15) is 0 Å². The first-order valence-corrected chi connectivity index (χ1v) is 10.6. The lowest BCUT2D eigenvalue weighted by atomic mass is 9.85. The highest BCUT2D eigenvalue weighted by Crippen LogP contribution is 2.58. The summed E-state index contributed by atoms with van der Waals surface area (Å²) in [5.41, 5.74) is 2.95. The van der Waals surface area contributed by atoms with E-state index in [0.29, 0.717) is 37.3 Å². The van der Waals surface area contributed by atoms with Gasteiger partial charge in [0.2, 0.25) is 5.91 Å². The molecule has 5 heteroatoms.